The summed E-state index contributed by atoms with van der Waals surface area (Å²) in [6.07, 6.45) is -1.38. The van der Waals surface area contributed by atoms with Crippen molar-refractivity contribution < 1.29 is 32.5 Å². The third-order valence-corrected chi connectivity index (χ3v) is 9.59. The van der Waals surface area contributed by atoms with Crippen LogP contribution in [0.15, 0.2) is 96.0 Å². The van der Waals surface area contributed by atoms with Crippen LogP contribution in [-0.2, 0) is 27.8 Å². The van der Waals surface area contributed by atoms with Gasteiger partial charge < -0.3 is 30.0 Å². The van der Waals surface area contributed by atoms with Crippen LogP contribution < -0.4 is 20.1 Å². The van der Waals surface area contributed by atoms with E-state index in [9.17, 15) is 18.3 Å². The van der Waals surface area contributed by atoms with Crippen LogP contribution in [0.3, 0.4) is 0 Å². The van der Waals surface area contributed by atoms with Crippen molar-refractivity contribution in [1.29, 1.82) is 0 Å². The largest absolute Gasteiger partial charge is 0.454 e. The second-order valence-electron chi connectivity index (χ2n) is 13.3. The highest BCUT2D eigenvalue weighted by molar-refractivity contribution is 7.89. The predicted molar refractivity (Wildman–Crippen MR) is 181 cm³/mol. The number of aliphatic hydroxyl groups excluding tert-OH is 1. The molecule has 0 radical (unpaired) electrons. The van der Waals surface area contributed by atoms with Gasteiger partial charge in [0.2, 0.25) is 16.8 Å². The molecule has 0 fully saturated rings. The average Bonchev–Trinajstić information content (AvgIpc) is 3.50. The molecule has 3 N–H and O–H groups in total. The zero-order valence-electron chi connectivity index (χ0n) is 27.8. The summed E-state index contributed by atoms with van der Waals surface area (Å²) in [7, 11) is -4.02. The number of amides is 1. The number of nitrogens with zero attached hydrogens (tertiary/aromatic N) is 1. The molecule has 3 aromatic rings. The number of fused-ring (bicyclic) bond motifs is 1. The van der Waals surface area contributed by atoms with Crippen LogP contribution in [0.25, 0.3) is 0 Å². The summed E-state index contributed by atoms with van der Waals surface area (Å²) < 4.78 is 45.5. The summed E-state index contributed by atoms with van der Waals surface area (Å²) >= 11 is 0. The molecule has 0 saturated carbocycles. The molecule has 254 valence electrons. The number of alkyl carbamates (subject to hydrolysis) is 1. The van der Waals surface area contributed by atoms with E-state index in [4.69, 9.17) is 14.2 Å². The van der Waals surface area contributed by atoms with Gasteiger partial charge in [-0.15, -0.1) is 0 Å². The Balaban J connectivity index is 1.55. The molecule has 1 aliphatic rings. The van der Waals surface area contributed by atoms with E-state index in [-0.39, 0.29) is 37.3 Å². The molecule has 47 heavy (non-hydrogen) atoms. The Hall–Kier alpha value is -4.06. The Morgan fingerprint density at radius 3 is 2.17 bits per heavy atom. The van der Waals surface area contributed by atoms with Gasteiger partial charge in [-0.1, -0.05) is 102 Å². The lowest BCUT2D eigenvalue weighted by Crippen LogP contribution is -2.54. The number of ether oxygens (including phenoxy) is 3. The minimum absolute atomic E-state index is 0.0159. The predicted octanol–water partition coefficient (Wildman–Crippen LogP) is 5.48. The van der Waals surface area contributed by atoms with Crippen molar-refractivity contribution in [3.63, 3.8) is 0 Å². The highest BCUT2D eigenvalue weighted by Gasteiger charge is 2.35. The van der Waals surface area contributed by atoms with Crippen molar-refractivity contribution in [1.82, 2.24) is 14.9 Å². The SMILES string of the molecule is C=C(N[C@@H](Cc1ccccc1)[C@H](O)CN(CC(C)C)S(=O)(=O)c1ccc2c(c1)OCO2)[C@@H](NC(=O)OCc1ccccc1)C(C)(C)C. The maximum atomic E-state index is 14.0. The maximum Gasteiger partial charge on any atom is 0.408 e. The van der Waals surface area contributed by atoms with Crippen molar-refractivity contribution in [2.24, 2.45) is 11.3 Å². The van der Waals surface area contributed by atoms with E-state index < -0.39 is 39.7 Å². The minimum atomic E-state index is -4.02. The van der Waals surface area contributed by atoms with E-state index in [0.29, 0.717) is 23.6 Å². The van der Waals surface area contributed by atoms with Crippen molar-refractivity contribution >= 4 is 16.1 Å². The van der Waals surface area contributed by atoms with Crippen molar-refractivity contribution in [3.05, 3.63) is 102 Å². The summed E-state index contributed by atoms with van der Waals surface area (Å²) in [6, 6.07) is 22.3. The third-order valence-electron chi connectivity index (χ3n) is 7.76. The number of hydrogen-bond donors (Lipinski definition) is 3. The number of rotatable bonds is 15. The highest BCUT2D eigenvalue weighted by Crippen LogP contribution is 2.35. The number of carbonyl (C=O) groups excluding carboxylic acids is 1. The molecule has 4 rings (SSSR count). The second kappa shape index (κ2) is 15.7. The van der Waals surface area contributed by atoms with Crippen molar-refractivity contribution in [2.75, 3.05) is 19.9 Å². The molecule has 0 bridgehead atoms. The smallest absolute Gasteiger partial charge is 0.408 e. The van der Waals surface area contributed by atoms with Gasteiger partial charge in [0.05, 0.1) is 23.1 Å². The molecule has 0 aliphatic carbocycles. The molecule has 3 aromatic carbocycles. The fraction of sp³-hybridized carbons (Fsp3) is 0.417. The first kappa shape index (κ1) is 35.8. The molecule has 3 atom stereocenters. The minimum Gasteiger partial charge on any atom is -0.454 e. The first-order chi connectivity index (χ1) is 22.2. The molecule has 0 aromatic heterocycles. The van der Waals surface area contributed by atoms with Crippen molar-refractivity contribution in [3.8, 4) is 11.5 Å². The topological polar surface area (TPSA) is 126 Å². The zero-order chi connectivity index (χ0) is 34.2. The first-order valence-corrected chi connectivity index (χ1v) is 17.2. The van der Waals surface area contributed by atoms with Gasteiger partial charge in [-0.2, -0.15) is 4.31 Å². The lowest BCUT2D eigenvalue weighted by Gasteiger charge is -2.37. The van der Waals surface area contributed by atoms with Crippen LogP contribution in [-0.4, -0.2) is 62.0 Å². The number of nitrogens with one attached hydrogen (secondary N) is 2. The summed E-state index contributed by atoms with van der Waals surface area (Å²) in [5.74, 6) is 0.827. The monoisotopic (exact) mass is 665 g/mol. The molecular weight excluding hydrogens is 618 g/mol. The van der Waals surface area contributed by atoms with Gasteiger partial charge in [-0.3, -0.25) is 0 Å². The maximum absolute atomic E-state index is 14.0. The quantitative estimate of drug-likeness (QED) is 0.195. The fourth-order valence-electron chi connectivity index (χ4n) is 5.38. The normalized spacial score (nSPS) is 14.8. The molecule has 1 amide bonds. The molecular formula is C36H47N3O7S. The van der Waals surface area contributed by atoms with Gasteiger partial charge >= 0.3 is 6.09 Å². The molecule has 1 heterocycles. The Kier molecular flexibility index (Phi) is 11.9. The lowest BCUT2D eigenvalue weighted by molar-refractivity contribution is 0.102. The van der Waals surface area contributed by atoms with Crippen LogP contribution >= 0.6 is 0 Å². The number of carbonyl (C=O) groups is 1. The number of sulfonamides is 1. The van der Waals surface area contributed by atoms with Crippen LogP contribution in [0, 0.1) is 11.3 Å². The summed E-state index contributed by atoms with van der Waals surface area (Å²) in [5, 5.41) is 18.1. The number of hydrogen-bond acceptors (Lipinski definition) is 8. The molecule has 11 heteroatoms. The van der Waals surface area contributed by atoms with Crippen LogP contribution in [0.5, 0.6) is 11.5 Å². The Morgan fingerprint density at radius 1 is 0.936 bits per heavy atom. The van der Waals surface area contributed by atoms with Gasteiger partial charge in [0.25, 0.3) is 0 Å². The molecule has 0 spiro atoms. The molecule has 0 saturated heterocycles. The Labute approximate surface area is 278 Å². The van der Waals surface area contributed by atoms with Gasteiger partial charge in [0.15, 0.2) is 11.5 Å². The van der Waals surface area contributed by atoms with E-state index in [2.05, 4.69) is 17.2 Å². The van der Waals surface area contributed by atoms with Crippen LogP contribution in [0.2, 0.25) is 0 Å². The second-order valence-corrected chi connectivity index (χ2v) is 15.2. The van der Waals surface area contributed by atoms with E-state index in [0.717, 1.165) is 11.1 Å². The highest BCUT2D eigenvalue weighted by atomic mass is 32.2. The van der Waals surface area contributed by atoms with Gasteiger partial charge in [0, 0.05) is 24.9 Å². The van der Waals surface area contributed by atoms with Crippen LogP contribution in [0.1, 0.15) is 45.7 Å². The van der Waals surface area contributed by atoms with E-state index >= 15 is 0 Å². The van der Waals surface area contributed by atoms with E-state index in [1.165, 1.54) is 16.4 Å². The average molecular weight is 666 g/mol. The molecule has 0 unspecified atom stereocenters. The summed E-state index contributed by atoms with van der Waals surface area (Å²) in [5.41, 5.74) is 1.78. The molecule has 1 aliphatic heterocycles. The summed E-state index contributed by atoms with van der Waals surface area (Å²) in [4.78, 5) is 13.0. The fourth-order valence-corrected chi connectivity index (χ4v) is 7.02. The standard InChI is InChI=1S/C36H47N3O7S/c1-25(2)21-39(47(42,43)29-17-18-32-33(20-29)46-24-45-32)22-31(40)30(19-27-13-9-7-10-14-27)37-26(3)34(36(4,5)6)38-35(41)44-23-28-15-11-8-12-16-28/h7-18,20,25,30-31,34,37,40H,3,19,21-24H2,1-2,4-6H3,(H,38,41)/t30-,31+,34+/m0/s1. The third kappa shape index (κ3) is 9.96. The number of benzene rings is 3. The zero-order valence-corrected chi connectivity index (χ0v) is 28.6. The number of aliphatic hydroxyl groups is 1. The van der Waals surface area contributed by atoms with Gasteiger partial charge in [-0.25, -0.2) is 13.2 Å². The van der Waals surface area contributed by atoms with Gasteiger partial charge in [-0.05, 0) is 41.0 Å². The van der Waals surface area contributed by atoms with Gasteiger partial charge in [0.1, 0.15) is 6.61 Å². The first-order valence-electron chi connectivity index (χ1n) is 15.8. The Morgan fingerprint density at radius 2 is 1.55 bits per heavy atom. The van der Waals surface area contributed by atoms with E-state index in [1.54, 1.807) is 6.07 Å². The lowest BCUT2D eigenvalue weighted by atomic mass is 9.84. The Bertz CT molecular complexity index is 1590. The molecule has 10 nitrogen and oxygen atoms in total. The van der Waals surface area contributed by atoms with Crippen molar-refractivity contribution in [2.45, 2.75) is 70.7 Å². The van der Waals surface area contributed by atoms with E-state index in [1.807, 2.05) is 95.3 Å². The van der Waals surface area contributed by atoms with Crippen LogP contribution in [0.4, 0.5) is 4.79 Å². The summed E-state index contributed by atoms with van der Waals surface area (Å²) in [6.45, 7) is 14.2.